The van der Waals surface area contributed by atoms with E-state index in [1.54, 1.807) is 0 Å². The minimum absolute atomic E-state index is 1.29. The highest BCUT2D eigenvalue weighted by Crippen LogP contribution is 2.16. The Balaban J connectivity index is 0. The summed E-state index contributed by atoms with van der Waals surface area (Å²) in [5.41, 5.74) is 0. The smallest absolute Gasteiger partial charge is 0.280 e. The molecule has 0 bridgehead atoms. The van der Waals surface area contributed by atoms with Gasteiger partial charge in [0.1, 0.15) is 19.7 Å². The largest absolute Gasteiger partial charge is 0.712 e. The highest BCUT2D eigenvalue weighted by atomic mass is 19.2. The molecule has 0 radical (unpaired) electrons. The number of hydrogen-bond acceptors (Lipinski definition) is 22. The molecule has 0 fully saturated rings. The second kappa shape index (κ2) is 13.7. The first kappa shape index (κ1) is 37.9. The first-order chi connectivity index (χ1) is 18.8. The van der Waals surface area contributed by atoms with Crippen molar-refractivity contribution in [3.63, 3.8) is 0 Å². The van der Waals surface area contributed by atoms with Gasteiger partial charge in [-0.2, -0.15) is 0 Å². The van der Waals surface area contributed by atoms with Crippen molar-refractivity contribution in [2.45, 2.75) is 23.4 Å². The number of alkyl halides is 2. The minimum atomic E-state index is -4.35. The Hall–Kier alpha value is -6.22. The van der Waals surface area contributed by atoms with Gasteiger partial charge in [0.25, 0.3) is 0 Å². The van der Waals surface area contributed by atoms with Crippen LogP contribution in [-0.4, -0.2) is 98.8 Å². The van der Waals surface area contributed by atoms with Crippen molar-refractivity contribution in [1.82, 2.24) is 10.6 Å². The normalized spacial score (nSPS) is 11.7. The molecule has 0 atom stereocenters. The lowest BCUT2D eigenvalue weighted by molar-refractivity contribution is -0.967. The molecule has 0 unspecified atom stereocenters. The van der Waals surface area contributed by atoms with Crippen molar-refractivity contribution < 1.29 is 58.0 Å². The zero-order valence-corrected chi connectivity index (χ0v) is 19.2. The van der Waals surface area contributed by atoms with E-state index in [9.17, 15) is 110 Å². The van der Waals surface area contributed by atoms with E-state index in [0.717, 1.165) is 0 Å². The highest BCUT2D eigenvalue weighted by Gasteiger charge is 2.72. The van der Waals surface area contributed by atoms with Crippen LogP contribution in [0.25, 0.3) is 0 Å². The molecule has 32 nitrogen and oxygen atoms in total. The summed E-state index contributed by atoms with van der Waals surface area (Å²) in [6.07, 6.45) is 0. The molecule has 42 heavy (non-hydrogen) atoms. The Bertz CT molecular complexity index is 1000. The molecule has 0 aromatic rings. The number of nitrogens with zero attached hydrogens (tertiary/aromatic N) is 10. The molecule has 0 amide bonds. The van der Waals surface area contributed by atoms with Crippen molar-refractivity contribution in [2.24, 2.45) is 0 Å². The Morgan fingerprint density at radius 1 is 0.357 bits per heavy atom. The maximum absolute atomic E-state index is 13.2. The van der Waals surface area contributed by atoms with Gasteiger partial charge in [-0.3, -0.25) is 112 Å². The number of nitro groups is 10. The van der Waals surface area contributed by atoms with E-state index in [-0.39, 0.29) is 0 Å². The van der Waals surface area contributed by atoms with Gasteiger partial charge in [0.2, 0.25) is 13.1 Å². The number of hydrogen-bond donors (Lipinski definition) is 2. The van der Waals surface area contributed by atoms with Crippen LogP contribution in [0.3, 0.4) is 0 Å². The van der Waals surface area contributed by atoms with Gasteiger partial charge in [-0.25, -0.2) is 0 Å². The predicted molar refractivity (Wildman–Crippen MR) is 109 cm³/mol. The Morgan fingerprint density at radius 3 is 0.643 bits per heavy atom. The summed E-state index contributed by atoms with van der Waals surface area (Å²) in [5, 5.41) is 106. The highest BCUT2D eigenvalue weighted by molar-refractivity contribution is 4.64. The molecule has 0 spiro atoms. The van der Waals surface area contributed by atoms with Crippen molar-refractivity contribution in [3.8, 4) is 0 Å². The van der Waals surface area contributed by atoms with E-state index in [1.165, 1.54) is 10.6 Å². The van der Waals surface area contributed by atoms with Gasteiger partial charge < -0.3 is 0 Å². The zero-order valence-electron chi connectivity index (χ0n) is 19.2. The molecule has 2 N–H and O–H groups in total. The first-order valence-electron chi connectivity index (χ1n) is 9.09. The van der Waals surface area contributed by atoms with Crippen LogP contribution in [0.4, 0.5) is 8.78 Å². The maximum atomic E-state index is 13.2. The van der Waals surface area contributed by atoms with Gasteiger partial charge in [-0.1, -0.05) is 8.78 Å². The second-order valence-electron chi connectivity index (χ2n) is 6.76. The molecule has 0 saturated heterocycles. The van der Waals surface area contributed by atoms with Gasteiger partial charge in [0.15, 0.2) is 42.6 Å². The zero-order chi connectivity index (χ0) is 34.0. The maximum Gasteiger partial charge on any atom is 0.712 e. The van der Waals surface area contributed by atoms with Crippen LogP contribution in [-0.2, 0) is 0 Å². The third kappa shape index (κ3) is 7.45. The average molecular weight is 632 g/mol. The predicted octanol–water partition coefficient (Wildman–Crippen LogP) is -3.53. The van der Waals surface area contributed by atoms with Gasteiger partial charge in [0.05, 0.1) is 0 Å². The van der Waals surface area contributed by atoms with Crippen LogP contribution in [0.15, 0.2) is 0 Å². The van der Waals surface area contributed by atoms with Crippen LogP contribution in [0.1, 0.15) is 0 Å². The van der Waals surface area contributed by atoms with Crippen molar-refractivity contribution in [3.05, 3.63) is 101 Å². The molecule has 0 heterocycles. The SMILES string of the molecule is O=[N+]([O-])C(F)(CNCC([N+](=O)[O-])([N+](=O)[O-])[N+](=O)[O-])[N+](=O)[O-].O=[N+]([O-])C(F)(CNCC([N+](=O)[O-])([N+](=O)[O-])[N+](=O)[O-])[N+](=O)[O-]. The summed E-state index contributed by atoms with van der Waals surface area (Å²) >= 11 is 0. The molecule has 0 saturated carbocycles. The fourth-order valence-corrected chi connectivity index (χ4v) is 1.96. The van der Waals surface area contributed by atoms with Gasteiger partial charge >= 0.3 is 23.4 Å². The van der Waals surface area contributed by atoms with E-state index < -0.39 is 98.8 Å². The molecular weight excluding hydrogens is 622 g/mol. The van der Waals surface area contributed by atoms with Gasteiger partial charge in [-0.05, 0) is 0 Å². The summed E-state index contributed by atoms with van der Waals surface area (Å²) in [6.45, 7) is -7.34. The van der Waals surface area contributed by atoms with Crippen LogP contribution >= 0.6 is 0 Å². The molecule has 0 aromatic carbocycles. The molecule has 0 rings (SSSR count). The molecule has 236 valence electrons. The van der Waals surface area contributed by atoms with Crippen molar-refractivity contribution in [2.75, 3.05) is 26.2 Å². The van der Waals surface area contributed by atoms with Crippen molar-refractivity contribution in [1.29, 1.82) is 0 Å². The Labute approximate surface area is 220 Å². The average Bonchev–Trinajstić information content (AvgIpc) is 2.82. The van der Waals surface area contributed by atoms with E-state index in [0.29, 0.717) is 0 Å². The second-order valence-corrected chi connectivity index (χ2v) is 6.76. The lowest BCUT2D eigenvalue weighted by Gasteiger charge is -2.11. The van der Waals surface area contributed by atoms with E-state index in [2.05, 4.69) is 0 Å². The Kier molecular flexibility index (Phi) is 12.4. The minimum Gasteiger partial charge on any atom is -0.280 e. The topological polar surface area (TPSA) is 455 Å². The lowest BCUT2D eigenvalue weighted by Crippen LogP contribution is -2.61. The lowest BCUT2D eigenvalue weighted by atomic mass is 10.3. The molecule has 0 aliphatic carbocycles. The van der Waals surface area contributed by atoms with Crippen LogP contribution < -0.4 is 10.6 Å². The first-order valence-corrected chi connectivity index (χ1v) is 9.09. The fourth-order valence-electron chi connectivity index (χ4n) is 1.96. The summed E-state index contributed by atoms with van der Waals surface area (Å²) in [4.78, 5) is 83.7. The molecular formula is C8H10F2N12O20. The summed E-state index contributed by atoms with van der Waals surface area (Å²) in [6, 6.07) is 0. The quantitative estimate of drug-likeness (QED) is 0.0639. The van der Waals surface area contributed by atoms with Gasteiger partial charge in [0, 0.05) is 0 Å². The molecule has 0 aromatic heterocycles. The molecule has 0 aliphatic rings. The third-order valence-corrected chi connectivity index (χ3v) is 4.30. The molecule has 0 aliphatic heterocycles. The van der Waals surface area contributed by atoms with E-state index >= 15 is 0 Å². The standard InChI is InChI=1S/2C4H5FN6O10/c2*5-3(7(12)13,8(14)15)1-6-2-4(9(16)17,10(18)19)11(20)21/h2*6H,1-2H2. The van der Waals surface area contributed by atoms with Crippen LogP contribution in [0.2, 0.25) is 0 Å². The number of halogens is 2. The van der Waals surface area contributed by atoms with Crippen LogP contribution in [0, 0.1) is 101 Å². The molecule has 34 heteroatoms. The number of rotatable bonds is 18. The van der Waals surface area contributed by atoms with Gasteiger partial charge in [-0.15, -0.1) is 0 Å². The van der Waals surface area contributed by atoms with Crippen LogP contribution in [0.5, 0.6) is 0 Å². The monoisotopic (exact) mass is 632 g/mol. The summed E-state index contributed by atoms with van der Waals surface area (Å²) in [7, 11) is 0. The Morgan fingerprint density at radius 2 is 0.524 bits per heavy atom. The van der Waals surface area contributed by atoms with Crippen molar-refractivity contribution >= 4 is 0 Å². The van der Waals surface area contributed by atoms with E-state index in [4.69, 9.17) is 0 Å². The number of nitrogens with one attached hydrogen (secondary N) is 2. The fraction of sp³-hybridized carbons (Fsp3) is 1.00. The third-order valence-electron chi connectivity index (χ3n) is 4.30. The van der Waals surface area contributed by atoms with E-state index in [1.807, 2.05) is 0 Å². The summed E-state index contributed by atoms with van der Waals surface area (Å²) < 4.78 is 26.5. The summed E-state index contributed by atoms with van der Waals surface area (Å²) in [5.74, 6) is -16.8.